The monoisotopic (exact) mass is 261 g/mol. The zero-order chi connectivity index (χ0) is 13.0. The topological polar surface area (TPSA) is 63.6 Å². The first-order valence-corrected chi connectivity index (χ1v) is 6.55. The molecular formula is C12H15N5S. The van der Waals surface area contributed by atoms with Crippen LogP contribution >= 0.6 is 11.8 Å². The van der Waals surface area contributed by atoms with Crippen LogP contribution in [0.3, 0.4) is 0 Å². The van der Waals surface area contributed by atoms with Gasteiger partial charge in [-0.3, -0.25) is 0 Å². The van der Waals surface area contributed by atoms with Gasteiger partial charge in [-0.15, -0.1) is 0 Å². The number of rotatable bonds is 4. The van der Waals surface area contributed by atoms with E-state index in [4.69, 9.17) is 0 Å². The smallest absolute Gasteiger partial charge is 0.194 e. The van der Waals surface area contributed by atoms with Crippen molar-refractivity contribution in [2.24, 2.45) is 0 Å². The summed E-state index contributed by atoms with van der Waals surface area (Å²) in [5, 5.41) is 4.71. The van der Waals surface area contributed by atoms with Crippen LogP contribution in [-0.4, -0.2) is 26.5 Å². The van der Waals surface area contributed by atoms with E-state index in [2.05, 4.69) is 25.3 Å². The van der Waals surface area contributed by atoms with Crippen molar-refractivity contribution in [1.29, 1.82) is 0 Å². The maximum atomic E-state index is 4.38. The van der Waals surface area contributed by atoms with Gasteiger partial charge in [0.25, 0.3) is 0 Å². The molecule has 0 spiro atoms. The molecule has 0 aliphatic heterocycles. The first-order valence-electron chi connectivity index (χ1n) is 5.73. The summed E-state index contributed by atoms with van der Waals surface area (Å²) in [6, 6.07) is 3.85. The zero-order valence-electron chi connectivity index (χ0n) is 10.6. The molecule has 2 heterocycles. The summed E-state index contributed by atoms with van der Waals surface area (Å²) in [5.41, 5.74) is 1.93. The zero-order valence-corrected chi connectivity index (χ0v) is 11.5. The summed E-state index contributed by atoms with van der Waals surface area (Å²) >= 11 is 1.44. The molecule has 0 bridgehead atoms. The minimum absolute atomic E-state index is 0.716. The average Bonchev–Trinajstić information content (AvgIpc) is 2.28. The molecule has 0 radical (unpaired) electrons. The highest BCUT2D eigenvalue weighted by Gasteiger charge is 2.05. The number of hydrogen-bond acceptors (Lipinski definition) is 6. The number of hydrogen-bond donors (Lipinski definition) is 1. The second-order valence-corrected chi connectivity index (χ2v) is 4.79. The Kier molecular flexibility index (Phi) is 4.09. The van der Waals surface area contributed by atoms with E-state index >= 15 is 0 Å². The van der Waals surface area contributed by atoms with Crippen LogP contribution in [0, 0.1) is 13.8 Å². The molecule has 0 aromatic carbocycles. The molecule has 1 N–H and O–H groups in total. The van der Waals surface area contributed by atoms with E-state index in [1.54, 1.807) is 6.33 Å². The van der Waals surface area contributed by atoms with Gasteiger partial charge in [0.15, 0.2) is 5.16 Å². The van der Waals surface area contributed by atoms with Gasteiger partial charge < -0.3 is 5.32 Å². The number of aryl methyl sites for hydroxylation is 2. The molecule has 0 fully saturated rings. The van der Waals surface area contributed by atoms with Crippen molar-refractivity contribution in [3.05, 3.63) is 29.8 Å². The highest BCUT2D eigenvalue weighted by molar-refractivity contribution is 7.99. The molecule has 0 unspecified atom stereocenters. The lowest BCUT2D eigenvalue weighted by Gasteiger charge is -2.04. The molecule has 2 rings (SSSR count). The molecule has 0 saturated heterocycles. The van der Waals surface area contributed by atoms with Gasteiger partial charge in [0, 0.05) is 24.0 Å². The molecule has 0 atom stereocenters. The van der Waals surface area contributed by atoms with Gasteiger partial charge in [-0.1, -0.05) is 0 Å². The Morgan fingerprint density at radius 3 is 2.50 bits per heavy atom. The lowest BCUT2D eigenvalue weighted by Crippen LogP contribution is -2.00. The van der Waals surface area contributed by atoms with Crippen molar-refractivity contribution >= 4 is 17.6 Å². The molecule has 0 amide bonds. The Morgan fingerprint density at radius 1 is 1.11 bits per heavy atom. The van der Waals surface area contributed by atoms with E-state index in [9.17, 15) is 0 Å². The number of anilines is 1. The minimum Gasteiger partial charge on any atom is -0.370 e. The molecule has 94 valence electrons. The maximum Gasteiger partial charge on any atom is 0.194 e. The van der Waals surface area contributed by atoms with Gasteiger partial charge >= 0.3 is 0 Å². The van der Waals surface area contributed by atoms with Crippen LogP contribution < -0.4 is 5.32 Å². The first-order chi connectivity index (χ1) is 8.67. The summed E-state index contributed by atoms with van der Waals surface area (Å²) in [6.45, 7) is 6.79. The van der Waals surface area contributed by atoms with E-state index in [1.165, 1.54) is 11.8 Å². The predicted octanol–water partition coefficient (Wildman–Crippen LogP) is 2.47. The third-order valence-corrected chi connectivity index (χ3v) is 2.96. The molecule has 18 heavy (non-hydrogen) atoms. The van der Waals surface area contributed by atoms with Gasteiger partial charge in [0.1, 0.15) is 17.2 Å². The van der Waals surface area contributed by atoms with Crippen molar-refractivity contribution in [2.75, 3.05) is 11.9 Å². The summed E-state index contributed by atoms with van der Waals surface area (Å²) in [7, 11) is 0. The fourth-order valence-electron chi connectivity index (χ4n) is 1.51. The molecular weight excluding hydrogens is 246 g/mol. The number of nitrogens with one attached hydrogen (secondary N) is 1. The SMILES string of the molecule is CCNc1cc(Sc2nc(C)cc(C)n2)ncn1. The van der Waals surface area contributed by atoms with E-state index in [0.717, 1.165) is 28.8 Å². The van der Waals surface area contributed by atoms with Crippen LogP contribution in [0.15, 0.2) is 28.6 Å². The quantitative estimate of drug-likeness (QED) is 0.674. The molecule has 0 aliphatic rings. The molecule has 0 saturated carbocycles. The lowest BCUT2D eigenvalue weighted by molar-refractivity contribution is 0.897. The molecule has 6 heteroatoms. The Morgan fingerprint density at radius 2 is 1.83 bits per heavy atom. The standard InChI is InChI=1S/C12H15N5S/c1-4-13-10-6-11(15-7-14-10)18-12-16-8(2)5-9(3)17-12/h5-7H,4H2,1-3H3,(H,13,14,15). The predicted molar refractivity (Wildman–Crippen MR) is 71.8 cm³/mol. The van der Waals surface area contributed by atoms with E-state index < -0.39 is 0 Å². The van der Waals surface area contributed by atoms with Crippen LogP contribution in [0.1, 0.15) is 18.3 Å². The van der Waals surface area contributed by atoms with Crippen molar-refractivity contribution in [3.8, 4) is 0 Å². The molecule has 5 nitrogen and oxygen atoms in total. The van der Waals surface area contributed by atoms with Crippen LogP contribution in [0.25, 0.3) is 0 Å². The van der Waals surface area contributed by atoms with Gasteiger partial charge in [0.05, 0.1) is 0 Å². The van der Waals surface area contributed by atoms with Crippen molar-refractivity contribution in [1.82, 2.24) is 19.9 Å². The summed E-state index contributed by atoms with van der Waals surface area (Å²) < 4.78 is 0. The van der Waals surface area contributed by atoms with Crippen LogP contribution in [-0.2, 0) is 0 Å². The van der Waals surface area contributed by atoms with Gasteiger partial charge in [-0.2, -0.15) is 0 Å². The van der Waals surface area contributed by atoms with Crippen molar-refractivity contribution in [3.63, 3.8) is 0 Å². The van der Waals surface area contributed by atoms with Gasteiger partial charge in [0.2, 0.25) is 0 Å². The largest absolute Gasteiger partial charge is 0.370 e. The summed E-state index contributed by atoms with van der Waals surface area (Å²) in [5.74, 6) is 0.819. The fourth-order valence-corrected chi connectivity index (χ4v) is 2.34. The van der Waals surface area contributed by atoms with Gasteiger partial charge in [-0.05, 0) is 38.6 Å². The number of aromatic nitrogens is 4. The normalized spacial score (nSPS) is 10.4. The van der Waals surface area contributed by atoms with E-state index in [-0.39, 0.29) is 0 Å². The highest BCUT2D eigenvalue weighted by atomic mass is 32.2. The third kappa shape index (κ3) is 3.40. The Bertz CT molecular complexity index is 523. The van der Waals surface area contributed by atoms with E-state index in [0.29, 0.717) is 5.16 Å². The van der Waals surface area contributed by atoms with Gasteiger partial charge in [-0.25, -0.2) is 19.9 Å². The molecule has 2 aromatic rings. The average molecular weight is 261 g/mol. The summed E-state index contributed by atoms with van der Waals surface area (Å²) in [6.07, 6.45) is 1.54. The number of nitrogens with zero attached hydrogens (tertiary/aromatic N) is 4. The fraction of sp³-hybridized carbons (Fsp3) is 0.333. The summed E-state index contributed by atoms with van der Waals surface area (Å²) in [4.78, 5) is 17.1. The molecule has 2 aromatic heterocycles. The first kappa shape index (κ1) is 12.8. The Labute approximate surface area is 110 Å². The Balaban J connectivity index is 2.20. The van der Waals surface area contributed by atoms with Crippen molar-refractivity contribution < 1.29 is 0 Å². The Hall–Kier alpha value is -1.69. The minimum atomic E-state index is 0.716. The molecule has 0 aliphatic carbocycles. The highest BCUT2D eigenvalue weighted by Crippen LogP contribution is 2.24. The lowest BCUT2D eigenvalue weighted by atomic mass is 10.4. The second-order valence-electron chi connectivity index (χ2n) is 3.81. The van der Waals surface area contributed by atoms with Crippen LogP contribution in [0.2, 0.25) is 0 Å². The van der Waals surface area contributed by atoms with Crippen LogP contribution in [0.5, 0.6) is 0 Å². The van der Waals surface area contributed by atoms with E-state index in [1.807, 2.05) is 32.9 Å². The third-order valence-electron chi connectivity index (χ3n) is 2.16. The van der Waals surface area contributed by atoms with Crippen molar-refractivity contribution in [2.45, 2.75) is 31.0 Å². The maximum absolute atomic E-state index is 4.38. The van der Waals surface area contributed by atoms with Crippen LogP contribution in [0.4, 0.5) is 5.82 Å². The second kappa shape index (κ2) is 5.77.